The lowest BCUT2D eigenvalue weighted by Gasteiger charge is -2.08. The zero-order valence-electron chi connectivity index (χ0n) is 10.6. The number of nitrogen functional groups attached to an aromatic ring is 1. The van der Waals surface area contributed by atoms with Crippen LogP contribution in [-0.4, -0.2) is 5.11 Å². The topological polar surface area (TPSA) is 46.2 Å². The number of phenolic OH excluding ortho intramolecular Hbond substituents is 1. The summed E-state index contributed by atoms with van der Waals surface area (Å²) in [6.07, 6.45) is 0. The number of hydrogen-bond acceptors (Lipinski definition) is 3. The lowest BCUT2D eigenvalue weighted by molar-refractivity contribution is 0.478. The molecule has 18 heavy (non-hydrogen) atoms. The van der Waals surface area contributed by atoms with E-state index < -0.39 is 0 Å². The van der Waals surface area contributed by atoms with Crippen LogP contribution in [0.15, 0.2) is 41.3 Å². The van der Waals surface area contributed by atoms with Gasteiger partial charge >= 0.3 is 0 Å². The van der Waals surface area contributed by atoms with Crippen LogP contribution in [0.4, 0.5) is 5.69 Å². The van der Waals surface area contributed by atoms with Gasteiger partial charge in [-0.25, -0.2) is 0 Å². The molecule has 0 unspecified atom stereocenters. The molecule has 0 radical (unpaired) electrons. The Morgan fingerprint density at radius 1 is 1.11 bits per heavy atom. The Morgan fingerprint density at radius 2 is 1.89 bits per heavy atom. The normalized spacial score (nSPS) is 10.6. The van der Waals surface area contributed by atoms with Crippen molar-refractivity contribution in [3.05, 3.63) is 53.1 Å². The molecule has 0 saturated heterocycles. The lowest BCUT2D eigenvalue weighted by Crippen LogP contribution is -1.89. The van der Waals surface area contributed by atoms with Crippen LogP contribution in [-0.2, 0) is 5.75 Å². The van der Waals surface area contributed by atoms with Crippen LogP contribution in [0.3, 0.4) is 0 Å². The van der Waals surface area contributed by atoms with E-state index in [1.165, 1.54) is 16.0 Å². The molecule has 0 aliphatic rings. The lowest BCUT2D eigenvalue weighted by atomic mass is 10.2. The molecule has 2 rings (SSSR count). The van der Waals surface area contributed by atoms with E-state index in [1.807, 2.05) is 12.1 Å². The molecular weight excluding hydrogens is 242 g/mol. The number of nitrogens with two attached hydrogens (primary N) is 1. The van der Waals surface area contributed by atoms with Crippen LogP contribution in [0.1, 0.15) is 16.7 Å². The first-order chi connectivity index (χ1) is 8.56. The molecule has 3 N–H and O–H groups in total. The smallest absolute Gasteiger partial charge is 0.138 e. The molecule has 0 aliphatic carbocycles. The minimum Gasteiger partial charge on any atom is -0.506 e. The number of rotatable bonds is 3. The first kappa shape index (κ1) is 12.8. The van der Waals surface area contributed by atoms with E-state index in [0.717, 1.165) is 11.3 Å². The summed E-state index contributed by atoms with van der Waals surface area (Å²) in [6.45, 7) is 4.22. The average molecular weight is 259 g/mol. The number of aryl methyl sites for hydroxylation is 2. The number of hydrogen-bond donors (Lipinski definition) is 2. The van der Waals surface area contributed by atoms with Crippen LogP contribution >= 0.6 is 11.8 Å². The Labute approximate surface area is 112 Å². The maximum absolute atomic E-state index is 9.38. The molecule has 0 saturated carbocycles. The van der Waals surface area contributed by atoms with E-state index >= 15 is 0 Å². The number of anilines is 1. The predicted molar refractivity (Wildman–Crippen MR) is 78.0 cm³/mol. The van der Waals surface area contributed by atoms with Gasteiger partial charge in [0.15, 0.2) is 0 Å². The Bertz CT molecular complexity index is 566. The summed E-state index contributed by atoms with van der Waals surface area (Å²) in [5, 5.41) is 9.38. The molecule has 0 fully saturated rings. The van der Waals surface area contributed by atoms with Gasteiger partial charge in [0.05, 0.1) is 5.69 Å². The van der Waals surface area contributed by atoms with E-state index in [0.29, 0.717) is 5.69 Å². The molecule has 0 heterocycles. The molecular formula is C15H17NOS. The molecule has 0 amide bonds. The maximum Gasteiger partial charge on any atom is 0.138 e. The summed E-state index contributed by atoms with van der Waals surface area (Å²) in [4.78, 5) is 1.29. The fourth-order valence-electron chi connectivity index (χ4n) is 1.72. The van der Waals surface area contributed by atoms with Gasteiger partial charge in [-0.15, -0.1) is 11.8 Å². The second-order valence-corrected chi connectivity index (χ2v) is 5.47. The highest BCUT2D eigenvalue weighted by molar-refractivity contribution is 7.98. The quantitative estimate of drug-likeness (QED) is 0.499. The van der Waals surface area contributed by atoms with Gasteiger partial charge in [-0.3, -0.25) is 0 Å². The van der Waals surface area contributed by atoms with E-state index in [4.69, 9.17) is 5.73 Å². The third-order valence-corrected chi connectivity index (χ3v) is 4.06. The summed E-state index contributed by atoms with van der Waals surface area (Å²) < 4.78 is 0. The van der Waals surface area contributed by atoms with Crippen molar-refractivity contribution >= 4 is 17.4 Å². The van der Waals surface area contributed by atoms with E-state index in [9.17, 15) is 5.11 Å². The van der Waals surface area contributed by atoms with Crippen molar-refractivity contribution in [2.75, 3.05) is 5.73 Å². The summed E-state index contributed by atoms with van der Waals surface area (Å²) in [5.74, 6) is 1.00. The van der Waals surface area contributed by atoms with Gasteiger partial charge in [0.1, 0.15) is 5.75 Å². The van der Waals surface area contributed by atoms with Crippen LogP contribution in [0.2, 0.25) is 0 Å². The Balaban J connectivity index is 2.11. The Kier molecular flexibility index (Phi) is 3.82. The van der Waals surface area contributed by atoms with Gasteiger partial charge in [-0.05, 0) is 43.2 Å². The van der Waals surface area contributed by atoms with Gasteiger partial charge in [0.2, 0.25) is 0 Å². The van der Waals surface area contributed by atoms with Crippen LogP contribution in [0, 0.1) is 13.8 Å². The number of benzene rings is 2. The maximum atomic E-state index is 9.38. The fraction of sp³-hybridized carbons (Fsp3) is 0.200. The minimum atomic E-state index is 0.149. The van der Waals surface area contributed by atoms with Gasteiger partial charge < -0.3 is 10.8 Å². The zero-order chi connectivity index (χ0) is 13.1. The summed E-state index contributed by atoms with van der Waals surface area (Å²) >= 11 is 1.79. The van der Waals surface area contributed by atoms with E-state index in [2.05, 4.69) is 32.0 Å². The fourth-order valence-corrected chi connectivity index (χ4v) is 2.78. The highest BCUT2D eigenvalue weighted by Crippen LogP contribution is 2.29. The third-order valence-electron chi connectivity index (χ3n) is 2.83. The second-order valence-electron chi connectivity index (χ2n) is 4.45. The number of phenols is 1. The molecule has 0 aromatic heterocycles. The van der Waals surface area contributed by atoms with Crippen molar-refractivity contribution < 1.29 is 5.11 Å². The average Bonchev–Trinajstić information content (AvgIpc) is 2.34. The largest absolute Gasteiger partial charge is 0.506 e. The van der Waals surface area contributed by atoms with Gasteiger partial charge in [0.25, 0.3) is 0 Å². The van der Waals surface area contributed by atoms with E-state index in [-0.39, 0.29) is 5.75 Å². The molecule has 2 aromatic rings. The Hall–Kier alpha value is -1.61. The summed E-state index contributed by atoms with van der Waals surface area (Å²) in [6, 6.07) is 11.8. The van der Waals surface area contributed by atoms with Crippen molar-refractivity contribution in [3.63, 3.8) is 0 Å². The van der Waals surface area contributed by atoms with Gasteiger partial charge in [0, 0.05) is 10.6 Å². The van der Waals surface area contributed by atoms with Crippen LogP contribution in [0.5, 0.6) is 5.75 Å². The first-order valence-corrected chi connectivity index (χ1v) is 6.82. The zero-order valence-corrected chi connectivity index (χ0v) is 11.4. The second kappa shape index (κ2) is 5.36. The highest BCUT2D eigenvalue weighted by atomic mass is 32.2. The van der Waals surface area contributed by atoms with Crippen LogP contribution < -0.4 is 5.73 Å². The van der Waals surface area contributed by atoms with Gasteiger partial charge in [-0.2, -0.15) is 0 Å². The van der Waals surface area contributed by atoms with Crippen LogP contribution in [0.25, 0.3) is 0 Å². The highest BCUT2D eigenvalue weighted by Gasteiger charge is 2.03. The molecule has 0 aliphatic heterocycles. The van der Waals surface area contributed by atoms with Crippen molar-refractivity contribution in [2.24, 2.45) is 0 Å². The molecule has 0 bridgehead atoms. The Morgan fingerprint density at radius 3 is 2.61 bits per heavy atom. The monoisotopic (exact) mass is 259 g/mol. The predicted octanol–water partition coefficient (Wildman–Crippen LogP) is 3.88. The summed E-state index contributed by atoms with van der Waals surface area (Å²) in [7, 11) is 0. The van der Waals surface area contributed by atoms with E-state index in [1.54, 1.807) is 17.8 Å². The molecule has 3 heteroatoms. The van der Waals surface area contributed by atoms with Gasteiger partial charge in [-0.1, -0.05) is 23.8 Å². The summed E-state index contributed by atoms with van der Waals surface area (Å²) in [5.41, 5.74) is 9.81. The number of thioether (sulfide) groups is 1. The molecule has 94 valence electrons. The minimum absolute atomic E-state index is 0.149. The van der Waals surface area contributed by atoms with Crippen molar-refractivity contribution in [3.8, 4) is 5.75 Å². The molecule has 0 spiro atoms. The third kappa shape index (κ3) is 2.99. The molecule has 2 nitrogen and oxygen atoms in total. The SMILES string of the molecule is Cc1ccc(C)c(SCc2ccc(O)c(N)c2)c1. The molecule has 2 aromatic carbocycles. The molecule has 0 atom stereocenters. The number of aromatic hydroxyl groups is 1. The van der Waals surface area contributed by atoms with Crippen molar-refractivity contribution in [2.45, 2.75) is 24.5 Å². The van der Waals surface area contributed by atoms with Crippen molar-refractivity contribution in [1.29, 1.82) is 0 Å². The standard InChI is InChI=1S/C15H17NOS/c1-10-3-4-11(2)15(7-10)18-9-12-5-6-14(17)13(16)8-12/h3-8,17H,9,16H2,1-2H3. The van der Waals surface area contributed by atoms with Crippen molar-refractivity contribution in [1.82, 2.24) is 0 Å². The first-order valence-electron chi connectivity index (χ1n) is 5.83.